The molecule has 0 bridgehead atoms. The third-order valence-corrected chi connectivity index (χ3v) is 4.37. The lowest BCUT2D eigenvalue weighted by Gasteiger charge is -2.12. The van der Waals surface area contributed by atoms with Crippen molar-refractivity contribution in [2.24, 2.45) is 5.92 Å². The molecule has 0 aliphatic rings. The molecule has 2 aromatic rings. The van der Waals surface area contributed by atoms with Gasteiger partial charge in [-0.2, -0.15) is 0 Å². The van der Waals surface area contributed by atoms with E-state index in [1.54, 1.807) is 0 Å². The minimum Gasteiger partial charge on any atom is -0.355 e. The summed E-state index contributed by atoms with van der Waals surface area (Å²) < 4.78 is 1.43. The molecule has 1 aromatic carbocycles. The van der Waals surface area contributed by atoms with Crippen molar-refractivity contribution in [2.45, 2.75) is 38.1 Å². The molecule has 6 nitrogen and oxygen atoms in total. The van der Waals surface area contributed by atoms with Crippen LogP contribution in [0.1, 0.15) is 26.3 Å². The zero-order chi connectivity index (χ0) is 17.0. The molecule has 0 radical (unpaired) electrons. The number of nitrogen functional groups attached to an aromatic ring is 1. The number of nitrogens with one attached hydrogen (secondary N) is 1. The maximum absolute atomic E-state index is 12.0. The average Bonchev–Trinajstić information content (AvgIpc) is 2.86. The zero-order valence-electron chi connectivity index (χ0n) is 13.9. The number of aryl methyl sites for hydroxylation is 1. The van der Waals surface area contributed by atoms with Gasteiger partial charge in [-0.15, -0.1) is 10.2 Å². The Labute approximate surface area is 140 Å². The van der Waals surface area contributed by atoms with Crippen LogP contribution in [0.3, 0.4) is 0 Å². The summed E-state index contributed by atoms with van der Waals surface area (Å²) in [5.41, 5.74) is 2.07. The monoisotopic (exact) mass is 333 g/mol. The van der Waals surface area contributed by atoms with Crippen molar-refractivity contribution in [2.75, 3.05) is 12.4 Å². The number of hydrogen-bond acceptors (Lipinski definition) is 5. The zero-order valence-corrected chi connectivity index (χ0v) is 14.7. The van der Waals surface area contributed by atoms with E-state index in [9.17, 15) is 4.79 Å². The Bertz CT molecular complexity index is 666. The average molecular weight is 333 g/mol. The van der Waals surface area contributed by atoms with Crippen LogP contribution >= 0.6 is 11.8 Å². The van der Waals surface area contributed by atoms with E-state index in [-0.39, 0.29) is 11.2 Å². The van der Waals surface area contributed by atoms with Crippen molar-refractivity contribution < 1.29 is 4.79 Å². The first kappa shape index (κ1) is 17.3. The minimum atomic E-state index is -0.286. The second-order valence-electron chi connectivity index (χ2n) is 5.94. The van der Waals surface area contributed by atoms with Crippen molar-refractivity contribution in [3.8, 4) is 11.4 Å². The van der Waals surface area contributed by atoms with Gasteiger partial charge >= 0.3 is 0 Å². The SMILES string of the molecule is Cc1ccc(-c2nnc(S[C@@H](C)C(=O)NCC(C)C)n2N)cc1. The third kappa shape index (κ3) is 4.48. The van der Waals surface area contributed by atoms with Crippen LogP contribution in [0.5, 0.6) is 0 Å². The van der Waals surface area contributed by atoms with Gasteiger partial charge < -0.3 is 11.2 Å². The molecule has 1 aromatic heterocycles. The molecule has 0 aliphatic heterocycles. The van der Waals surface area contributed by atoms with Gasteiger partial charge in [0, 0.05) is 12.1 Å². The van der Waals surface area contributed by atoms with Gasteiger partial charge in [-0.05, 0) is 19.8 Å². The molecule has 0 saturated carbocycles. The number of hydrogen-bond donors (Lipinski definition) is 2. The second-order valence-corrected chi connectivity index (χ2v) is 7.25. The lowest BCUT2D eigenvalue weighted by Crippen LogP contribution is -2.33. The van der Waals surface area contributed by atoms with Gasteiger partial charge in [0.05, 0.1) is 5.25 Å². The van der Waals surface area contributed by atoms with Gasteiger partial charge in [0.25, 0.3) is 0 Å². The molecule has 1 amide bonds. The molecule has 0 spiro atoms. The van der Waals surface area contributed by atoms with Crippen LogP contribution in [-0.4, -0.2) is 32.6 Å². The van der Waals surface area contributed by atoms with E-state index in [0.717, 1.165) is 5.56 Å². The highest BCUT2D eigenvalue weighted by Crippen LogP contribution is 2.24. The van der Waals surface area contributed by atoms with Crippen LogP contribution in [0, 0.1) is 12.8 Å². The van der Waals surface area contributed by atoms with Crippen molar-refractivity contribution in [3.05, 3.63) is 29.8 Å². The maximum Gasteiger partial charge on any atom is 0.233 e. The Morgan fingerprint density at radius 2 is 1.91 bits per heavy atom. The van der Waals surface area contributed by atoms with Gasteiger partial charge in [0.15, 0.2) is 5.82 Å². The highest BCUT2D eigenvalue weighted by molar-refractivity contribution is 8.00. The normalized spacial score (nSPS) is 12.4. The van der Waals surface area contributed by atoms with Gasteiger partial charge in [0.2, 0.25) is 11.1 Å². The molecule has 0 fully saturated rings. The van der Waals surface area contributed by atoms with E-state index in [0.29, 0.717) is 23.4 Å². The number of aromatic nitrogens is 3. The van der Waals surface area contributed by atoms with E-state index >= 15 is 0 Å². The summed E-state index contributed by atoms with van der Waals surface area (Å²) in [4.78, 5) is 12.0. The number of nitrogens with two attached hydrogens (primary N) is 1. The number of rotatable bonds is 6. The van der Waals surface area contributed by atoms with Crippen LogP contribution in [0.2, 0.25) is 0 Å². The fourth-order valence-electron chi connectivity index (χ4n) is 1.92. The summed E-state index contributed by atoms with van der Waals surface area (Å²) >= 11 is 1.30. The molecular weight excluding hydrogens is 310 g/mol. The number of carbonyl (C=O) groups is 1. The number of amides is 1. The van der Waals surface area contributed by atoms with Gasteiger partial charge in [0.1, 0.15) is 0 Å². The second kappa shape index (κ2) is 7.50. The molecule has 3 N–H and O–H groups in total. The minimum absolute atomic E-state index is 0.0245. The van der Waals surface area contributed by atoms with Gasteiger partial charge in [-0.25, -0.2) is 4.68 Å². The van der Waals surface area contributed by atoms with Crippen molar-refractivity contribution in [1.82, 2.24) is 20.2 Å². The van der Waals surface area contributed by atoms with E-state index in [2.05, 4.69) is 29.4 Å². The number of thioether (sulfide) groups is 1. The van der Waals surface area contributed by atoms with Crippen LogP contribution in [0.25, 0.3) is 11.4 Å². The summed E-state index contributed by atoms with van der Waals surface area (Å²) in [5.74, 6) is 7.06. The molecule has 1 heterocycles. The lowest BCUT2D eigenvalue weighted by molar-refractivity contribution is -0.120. The third-order valence-electron chi connectivity index (χ3n) is 3.31. The van der Waals surface area contributed by atoms with Crippen LogP contribution in [0.4, 0.5) is 0 Å². The number of carbonyl (C=O) groups excluding carboxylic acids is 1. The molecule has 1 atom stereocenters. The molecule has 0 saturated heterocycles. The van der Waals surface area contributed by atoms with Crippen molar-refractivity contribution >= 4 is 17.7 Å². The van der Waals surface area contributed by atoms with Gasteiger partial charge in [-0.3, -0.25) is 4.79 Å². The summed E-state index contributed by atoms with van der Waals surface area (Å²) in [6.07, 6.45) is 0. The summed E-state index contributed by atoms with van der Waals surface area (Å²) in [5, 5.41) is 11.4. The molecular formula is C16H23N5OS. The molecule has 7 heteroatoms. The van der Waals surface area contributed by atoms with E-state index in [1.165, 1.54) is 22.0 Å². The highest BCUT2D eigenvalue weighted by Gasteiger charge is 2.19. The van der Waals surface area contributed by atoms with Crippen LogP contribution in [0.15, 0.2) is 29.4 Å². The summed E-state index contributed by atoms with van der Waals surface area (Å²) in [6, 6.07) is 7.91. The van der Waals surface area contributed by atoms with Crippen molar-refractivity contribution in [3.63, 3.8) is 0 Å². The maximum atomic E-state index is 12.0. The van der Waals surface area contributed by atoms with Crippen molar-refractivity contribution in [1.29, 1.82) is 0 Å². The Balaban J connectivity index is 2.07. The lowest BCUT2D eigenvalue weighted by atomic mass is 10.1. The largest absolute Gasteiger partial charge is 0.355 e. The first-order chi connectivity index (χ1) is 10.9. The standard InChI is InChI=1S/C16H23N5OS/c1-10(2)9-18-15(22)12(4)23-16-20-19-14(21(16)17)13-7-5-11(3)6-8-13/h5-8,10,12H,9,17H2,1-4H3,(H,18,22)/t12-/m0/s1. The van der Waals surface area contributed by atoms with Gasteiger partial charge in [-0.1, -0.05) is 55.4 Å². The topological polar surface area (TPSA) is 85.8 Å². The van der Waals surface area contributed by atoms with E-state index in [4.69, 9.17) is 5.84 Å². The first-order valence-corrected chi connectivity index (χ1v) is 8.48. The quantitative estimate of drug-likeness (QED) is 0.625. The predicted molar refractivity (Wildman–Crippen MR) is 93.5 cm³/mol. The Morgan fingerprint density at radius 3 is 2.52 bits per heavy atom. The molecule has 0 aliphatic carbocycles. The predicted octanol–water partition coefficient (Wildman–Crippen LogP) is 2.22. The highest BCUT2D eigenvalue weighted by atomic mass is 32.2. The van der Waals surface area contributed by atoms with E-state index in [1.807, 2.05) is 38.1 Å². The first-order valence-electron chi connectivity index (χ1n) is 7.60. The molecule has 23 heavy (non-hydrogen) atoms. The summed E-state index contributed by atoms with van der Waals surface area (Å²) in [6.45, 7) is 8.63. The number of nitrogens with zero attached hydrogens (tertiary/aromatic N) is 3. The fraction of sp³-hybridized carbons (Fsp3) is 0.438. The Hall–Kier alpha value is -2.02. The summed E-state index contributed by atoms with van der Waals surface area (Å²) in [7, 11) is 0. The number of benzene rings is 1. The smallest absolute Gasteiger partial charge is 0.233 e. The fourth-order valence-corrected chi connectivity index (χ4v) is 2.71. The Morgan fingerprint density at radius 1 is 1.26 bits per heavy atom. The molecule has 2 rings (SSSR count). The van der Waals surface area contributed by atoms with Crippen LogP contribution < -0.4 is 11.2 Å². The molecule has 124 valence electrons. The van der Waals surface area contributed by atoms with Crippen LogP contribution in [-0.2, 0) is 4.79 Å². The molecule has 0 unspecified atom stereocenters. The Kier molecular flexibility index (Phi) is 5.65. The van der Waals surface area contributed by atoms with E-state index < -0.39 is 0 Å².